The first-order valence-electron chi connectivity index (χ1n) is 4.62. The zero-order valence-corrected chi connectivity index (χ0v) is 8.64. The molecule has 1 heterocycles. The van der Waals surface area contributed by atoms with Crippen molar-refractivity contribution in [3.63, 3.8) is 0 Å². The van der Waals surface area contributed by atoms with Crippen molar-refractivity contribution in [2.75, 3.05) is 0 Å². The van der Waals surface area contributed by atoms with E-state index in [2.05, 4.69) is 4.98 Å². The lowest BCUT2D eigenvalue weighted by Crippen LogP contribution is -2.11. The van der Waals surface area contributed by atoms with Gasteiger partial charge in [0, 0.05) is 24.1 Å². The van der Waals surface area contributed by atoms with Gasteiger partial charge in [-0.15, -0.1) is 0 Å². The highest BCUT2D eigenvalue weighted by Gasteiger charge is 2.10. The molecule has 15 heavy (non-hydrogen) atoms. The van der Waals surface area contributed by atoms with E-state index in [1.165, 1.54) is 18.3 Å². The predicted molar refractivity (Wildman–Crippen MR) is 54.4 cm³/mol. The molecule has 1 rings (SSSR count). The van der Waals surface area contributed by atoms with Crippen LogP contribution in [-0.4, -0.2) is 15.7 Å². The number of rotatable bonds is 4. The molecule has 80 valence electrons. The zero-order valence-electron chi connectivity index (χ0n) is 8.64. The molecule has 0 N–H and O–H groups in total. The van der Waals surface area contributed by atoms with Crippen molar-refractivity contribution in [3.05, 3.63) is 34.1 Å². The van der Waals surface area contributed by atoms with Crippen LogP contribution >= 0.6 is 0 Å². The molecular weight excluding hydrogens is 196 g/mol. The number of aromatic nitrogens is 1. The largest absolute Gasteiger partial charge is 0.299 e. The van der Waals surface area contributed by atoms with Crippen LogP contribution in [0.3, 0.4) is 0 Å². The standard InChI is InChI=1S/C10H12N2O3/c1-7(2)10(13)5-8-3-4-9(6-11-8)12(14)15/h3-4,6-7H,5H2,1-2H3. The van der Waals surface area contributed by atoms with Gasteiger partial charge in [-0.1, -0.05) is 13.8 Å². The molecule has 0 aromatic carbocycles. The molecule has 0 aliphatic heterocycles. The van der Waals surface area contributed by atoms with Crippen molar-refractivity contribution in [1.29, 1.82) is 0 Å². The first-order valence-corrected chi connectivity index (χ1v) is 4.62. The zero-order chi connectivity index (χ0) is 11.4. The number of nitro groups is 1. The van der Waals surface area contributed by atoms with Crippen LogP contribution in [0, 0.1) is 16.0 Å². The number of ketones is 1. The lowest BCUT2D eigenvalue weighted by molar-refractivity contribution is -0.385. The smallest absolute Gasteiger partial charge is 0.287 e. The molecule has 0 saturated heterocycles. The Balaban J connectivity index is 2.73. The van der Waals surface area contributed by atoms with E-state index in [0.29, 0.717) is 5.69 Å². The van der Waals surface area contributed by atoms with Gasteiger partial charge in [0.05, 0.1) is 4.92 Å². The normalized spacial score (nSPS) is 10.3. The fraction of sp³-hybridized carbons (Fsp3) is 0.400. The number of nitrogens with zero attached hydrogens (tertiary/aromatic N) is 2. The van der Waals surface area contributed by atoms with Crippen LogP contribution < -0.4 is 0 Å². The fourth-order valence-electron chi connectivity index (χ4n) is 1.01. The third-order valence-corrected chi connectivity index (χ3v) is 2.02. The lowest BCUT2D eigenvalue weighted by Gasteiger charge is -2.02. The van der Waals surface area contributed by atoms with Crippen molar-refractivity contribution in [2.45, 2.75) is 20.3 Å². The summed E-state index contributed by atoms with van der Waals surface area (Å²) in [6.45, 7) is 3.63. The Kier molecular flexibility index (Phi) is 3.49. The van der Waals surface area contributed by atoms with Gasteiger partial charge < -0.3 is 0 Å². The van der Waals surface area contributed by atoms with Crippen LogP contribution in [-0.2, 0) is 11.2 Å². The Morgan fingerprint density at radius 2 is 2.20 bits per heavy atom. The molecule has 0 fully saturated rings. The summed E-state index contributed by atoms with van der Waals surface area (Å²) >= 11 is 0. The molecule has 0 bridgehead atoms. The summed E-state index contributed by atoms with van der Waals surface area (Å²) in [6.07, 6.45) is 1.40. The summed E-state index contributed by atoms with van der Waals surface area (Å²) in [4.78, 5) is 25.0. The second kappa shape index (κ2) is 4.63. The highest BCUT2D eigenvalue weighted by atomic mass is 16.6. The molecule has 0 radical (unpaired) electrons. The molecule has 0 spiro atoms. The van der Waals surface area contributed by atoms with Gasteiger partial charge in [-0.25, -0.2) is 0 Å². The molecular formula is C10H12N2O3. The number of carbonyl (C=O) groups excluding carboxylic acids is 1. The van der Waals surface area contributed by atoms with Crippen molar-refractivity contribution >= 4 is 11.5 Å². The molecule has 1 aromatic rings. The van der Waals surface area contributed by atoms with E-state index in [-0.39, 0.29) is 23.8 Å². The minimum Gasteiger partial charge on any atom is -0.299 e. The molecule has 0 atom stereocenters. The highest BCUT2D eigenvalue weighted by Crippen LogP contribution is 2.10. The van der Waals surface area contributed by atoms with Crippen LogP contribution in [0.4, 0.5) is 5.69 Å². The molecule has 0 aliphatic rings. The number of Topliss-reactive ketones (excluding diaryl/α,β-unsaturated/α-hetero) is 1. The topological polar surface area (TPSA) is 73.1 Å². The summed E-state index contributed by atoms with van der Waals surface area (Å²) in [7, 11) is 0. The van der Waals surface area contributed by atoms with Crippen LogP contribution in [0.5, 0.6) is 0 Å². The second-order valence-electron chi connectivity index (χ2n) is 3.56. The Bertz CT molecular complexity index is 371. The Morgan fingerprint density at radius 1 is 1.53 bits per heavy atom. The first-order chi connectivity index (χ1) is 7.00. The second-order valence-corrected chi connectivity index (χ2v) is 3.56. The van der Waals surface area contributed by atoms with Gasteiger partial charge in [0.25, 0.3) is 5.69 Å². The van der Waals surface area contributed by atoms with E-state index in [4.69, 9.17) is 0 Å². The quantitative estimate of drug-likeness (QED) is 0.558. The third kappa shape index (κ3) is 3.12. The number of hydrogen-bond donors (Lipinski definition) is 0. The van der Waals surface area contributed by atoms with Gasteiger partial charge in [0.2, 0.25) is 0 Å². The van der Waals surface area contributed by atoms with Crippen LogP contribution in [0.2, 0.25) is 0 Å². The molecule has 0 saturated carbocycles. The molecule has 0 amide bonds. The third-order valence-electron chi connectivity index (χ3n) is 2.02. The summed E-state index contributed by atoms with van der Waals surface area (Å²) in [5.41, 5.74) is 0.509. The predicted octanol–water partition coefficient (Wildman–Crippen LogP) is 1.76. The SMILES string of the molecule is CC(C)C(=O)Cc1ccc([N+](=O)[O-])cn1. The average molecular weight is 208 g/mol. The number of carbonyl (C=O) groups is 1. The van der Waals surface area contributed by atoms with Gasteiger partial charge in [0.15, 0.2) is 0 Å². The maximum atomic E-state index is 11.4. The Labute approximate surface area is 87.3 Å². The molecule has 0 aliphatic carbocycles. The van der Waals surface area contributed by atoms with Gasteiger partial charge >= 0.3 is 0 Å². The lowest BCUT2D eigenvalue weighted by atomic mass is 10.0. The minimum atomic E-state index is -0.513. The number of pyridine rings is 1. The van der Waals surface area contributed by atoms with Gasteiger partial charge in [0.1, 0.15) is 12.0 Å². The van der Waals surface area contributed by atoms with Crippen LogP contribution in [0.15, 0.2) is 18.3 Å². The van der Waals surface area contributed by atoms with Crippen molar-refractivity contribution in [2.24, 2.45) is 5.92 Å². The van der Waals surface area contributed by atoms with Crippen molar-refractivity contribution in [1.82, 2.24) is 4.98 Å². The maximum absolute atomic E-state index is 11.4. The van der Waals surface area contributed by atoms with Gasteiger partial charge in [-0.05, 0) is 6.07 Å². The van der Waals surface area contributed by atoms with Crippen molar-refractivity contribution in [3.8, 4) is 0 Å². The Hall–Kier alpha value is -1.78. The van der Waals surface area contributed by atoms with Gasteiger partial charge in [-0.2, -0.15) is 0 Å². The maximum Gasteiger partial charge on any atom is 0.287 e. The van der Waals surface area contributed by atoms with E-state index in [1.807, 2.05) is 13.8 Å². The van der Waals surface area contributed by atoms with E-state index < -0.39 is 4.92 Å². The summed E-state index contributed by atoms with van der Waals surface area (Å²) in [5.74, 6) is 0.0401. The van der Waals surface area contributed by atoms with E-state index >= 15 is 0 Å². The Morgan fingerprint density at radius 3 is 2.60 bits per heavy atom. The fourth-order valence-corrected chi connectivity index (χ4v) is 1.01. The monoisotopic (exact) mass is 208 g/mol. The highest BCUT2D eigenvalue weighted by molar-refractivity contribution is 5.82. The first kappa shape index (κ1) is 11.3. The molecule has 5 nitrogen and oxygen atoms in total. The van der Waals surface area contributed by atoms with E-state index in [0.717, 1.165) is 0 Å². The van der Waals surface area contributed by atoms with Crippen molar-refractivity contribution < 1.29 is 9.72 Å². The minimum absolute atomic E-state index is 0.0398. The summed E-state index contributed by atoms with van der Waals surface area (Å²) in [5, 5.41) is 10.3. The van der Waals surface area contributed by atoms with Gasteiger partial charge in [-0.3, -0.25) is 19.9 Å². The van der Waals surface area contributed by atoms with E-state index in [1.54, 1.807) is 0 Å². The van der Waals surface area contributed by atoms with E-state index in [9.17, 15) is 14.9 Å². The molecule has 5 heteroatoms. The molecule has 0 unspecified atom stereocenters. The average Bonchev–Trinajstić information content (AvgIpc) is 2.18. The van der Waals surface area contributed by atoms with Crippen LogP contribution in [0.1, 0.15) is 19.5 Å². The number of hydrogen-bond acceptors (Lipinski definition) is 4. The van der Waals surface area contributed by atoms with Crippen LogP contribution in [0.25, 0.3) is 0 Å². The summed E-state index contributed by atoms with van der Waals surface area (Å²) < 4.78 is 0. The molecule has 1 aromatic heterocycles. The summed E-state index contributed by atoms with van der Waals surface area (Å²) in [6, 6.07) is 2.87.